The van der Waals surface area contributed by atoms with E-state index in [1.54, 1.807) is 48.9 Å². The number of thiazole rings is 1. The van der Waals surface area contributed by atoms with E-state index in [-0.39, 0.29) is 11.5 Å². The largest absolute Gasteiger partial charge is 0.497 e. The lowest BCUT2D eigenvalue weighted by Crippen LogP contribution is -2.40. The van der Waals surface area contributed by atoms with Crippen LogP contribution in [-0.2, 0) is 11.4 Å². The van der Waals surface area contributed by atoms with Crippen LogP contribution in [0.5, 0.6) is 17.2 Å². The molecule has 0 radical (unpaired) electrons. The van der Waals surface area contributed by atoms with Crippen molar-refractivity contribution in [2.45, 2.75) is 19.6 Å². The molecule has 47 heavy (non-hydrogen) atoms. The molecule has 2 heterocycles. The summed E-state index contributed by atoms with van der Waals surface area (Å²) < 4.78 is 20.1. The number of allylic oxidation sites excluding steroid dienone is 1. The Bertz CT molecular complexity index is 2180. The number of ether oxygens (including phenoxy) is 3. The molecule has 1 aromatic heterocycles. The molecule has 11 heteroatoms. The van der Waals surface area contributed by atoms with Gasteiger partial charge in [0.05, 0.1) is 41.1 Å². The fraction of sp³-hybridized carbons (Fsp3) is 0.139. The minimum absolute atomic E-state index is 0.297. The third-order valence-electron chi connectivity index (χ3n) is 7.55. The van der Waals surface area contributed by atoms with Crippen LogP contribution in [0.15, 0.2) is 117 Å². The number of nitrogens with one attached hydrogen (secondary N) is 1. The summed E-state index contributed by atoms with van der Waals surface area (Å²) >= 11 is 11.4. The lowest BCUT2D eigenvalue weighted by molar-refractivity contribution is -0.113. The van der Waals surface area contributed by atoms with E-state index in [9.17, 15) is 9.59 Å². The van der Waals surface area contributed by atoms with Gasteiger partial charge in [-0.1, -0.05) is 81.3 Å². The van der Waals surface area contributed by atoms with Crippen LogP contribution in [0.25, 0.3) is 6.08 Å². The highest BCUT2D eigenvalue weighted by atomic mass is 79.9. The molecule has 1 N–H and O–H groups in total. The minimum Gasteiger partial charge on any atom is -0.497 e. The number of nitrogens with zero attached hydrogens (tertiary/aromatic N) is 2. The third-order valence-corrected chi connectivity index (χ3v) is 9.35. The van der Waals surface area contributed by atoms with Crippen LogP contribution in [0.3, 0.4) is 0 Å². The van der Waals surface area contributed by atoms with Crippen LogP contribution in [0.1, 0.15) is 29.7 Å². The Morgan fingerprint density at radius 1 is 1.02 bits per heavy atom. The van der Waals surface area contributed by atoms with E-state index in [1.165, 1.54) is 18.4 Å². The van der Waals surface area contributed by atoms with Gasteiger partial charge in [0, 0.05) is 10.2 Å². The van der Waals surface area contributed by atoms with Crippen molar-refractivity contribution in [2.75, 3.05) is 19.5 Å². The van der Waals surface area contributed by atoms with Crippen LogP contribution in [0.2, 0.25) is 5.02 Å². The summed E-state index contributed by atoms with van der Waals surface area (Å²) in [7, 11) is 3.11. The topological polar surface area (TPSA) is 91.2 Å². The summed E-state index contributed by atoms with van der Waals surface area (Å²) in [6.45, 7) is 2.08. The summed E-state index contributed by atoms with van der Waals surface area (Å²) in [5.41, 5.74) is 3.52. The maximum atomic E-state index is 14.2. The molecule has 1 aliphatic rings. The van der Waals surface area contributed by atoms with Gasteiger partial charge < -0.3 is 19.5 Å². The van der Waals surface area contributed by atoms with Crippen LogP contribution in [0.4, 0.5) is 5.69 Å². The second-order valence-electron chi connectivity index (χ2n) is 10.6. The smallest absolute Gasteiger partial charge is 0.271 e. The first-order valence-corrected chi connectivity index (χ1v) is 16.5. The van der Waals surface area contributed by atoms with E-state index in [1.807, 2.05) is 66.7 Å². The van der Waals surface area contributed by atoms with E-state index in [0.717, 1.165) is 10.0 Å². The molecule has 0 bridgehead atoms. The predicted molar refractivity (Wildman–Crippen MR) is 188 cm³/mol. The van der Waals surface area contributed by atoms with Crippen molar-refractivity contribution in [3.05, 3.63) is 148 Å². The van der Waals surface area contributed by atoms with Gasteiger partial charge in [-0.2, -0.15) is 0 Å². The number of rotatable bonds is 9. The van der Waals surface area contributed by atoms with Crippen molar-refractivity contribution in [1.82, 2.24) is 4.57 Å². The molecule has 4 aromatic carbocycles. The molecule has 1 atom stereocenters. The number of amides is 1. The van der Waals surface area contributed by atoms with Crippen LogP contribution in [0, 0.1) is 0 Å². The molecule has 5 aromatic rings. The number of methoxy groups -OCH3 is 2. The first-order valence-electron chi connectivity index (χ1n) is 14.5. The molecular formula is C36H29BrClN3O5S. The molecule has 0 aliphatic carbocycles. The van der Waals surface area contributed by atoms with Gasteiger partial charge in [-0.3, -0.25) is 14.2 Å². The highest BCUT2D eigenvalue weighted by Gasteiger charge is 2.33. The monoisotopic (exact) mass is 729 g/mol. The molecule has 8 nitrogen and oxygen atoms in total. The second kappa shape index (κ2) is 14.0. The van der Waals surface area contributed by atoms with E-state index in [4.69, 9.17) is 30.8 Å². The standard InChI is InChI=1S/C36H29BrClN3O5S/c1-21-31(34(42)40-26-9-5-4-6-10-26)32(24-8-7-11-27(19-24)44-2)41-35(43)30(47-36(41)39-21)18-23-16-28(38)33(29(17-23)45-3)46-20-22-12-14-25(37)15-13-22/h4-19,32H,20H2,1-3H3,(H,40,42)/b30-18-/t32-/m1/s1. The van der Waals surface area contributed by atoms with Crippen molar-refractivity contribution < 1.29 is 19.0 Å². The lowest BCUT2D eigenvalue weighted by atomic mass is 9.95. The third kappa shape index (κ3) is 6.90. The molecule has 6 rings (SSSR count). The zero-order valence-corrected chi connectivity index (χ0v) is 28.8. The molecule has 1 aliphatic heterocycles. The fourth-order valence-corrected chi connectivity index (χ4v) is 6.89. The Morgan fingerprint density at radius 2 is 1.79 bits per heavy atom. The number of benzene rings is 4. The molecule has 0 saturated carbocycles. The van der Waals surface area contributed by atoms with Gasteiger partial charge in [-0.25, -0.2) is 4.99 Å². The molecule has 0 spiro atoms. The first-order chi connectivity index (χ1) is 22.7. The van der Waals surface area contributed by atoms with Gasteiger partial charge in [-0.15, -0.1) is 0 Å². The number of anilines is 1. The number of aromatic nitrogens is 1. The van der Waals surface area contributed by atoms with Gasteiger partial charge in [0.25, 0.3) is 11.5 Å². The van der Waals surface area contributed by atoms with Crippen LogP contribution >= 0.6 is 38.9 Å². The minimum atomic E-state index is -0.750. The highest BCUT2D eigenvalue weighted by Crippen LogP contribution is 2.37. The number of hydrogen-bond acceptors (Lipinski definition) is 7. The van der Waals surface area contributed by atoms with Crippen molar-refractivity contribution in [3.63, 3.8) is 0 Å². The van der Waals surface area contributed by atoms with E-state index in [2.05, 4.69) is 21.2 Å². The average molecular weight is 731 g/mol. The summed E-state index contributed by atoms with van der Waals surface area (Å²) in [6, 6.07) is 27.0. The number of carbonyl (C=O) groups excluding carboxylic acids is 1. The van der Waals surface area contributed by atoms with Crippen molar-refractivity contribution in [2.24, 2.45) is 4.99 Å². The number of hydrogen-bond donors (Lipinski definition) is 1. The number of para-hydroxylation sites is 1. The van der Waals surface area contributed by atoms with Crippen molar-refractivity contribution in [1.29, 1.82) is 0 Å². The van der Waals surface area contributed by atoms with Gasteiger partial charge in [0.15, 0.2) is 16.3 Å². The zero-order valence-electron chi connectivity index (χ0n) is 25.6. The normalized spacial score (nSPS) is 14.3. The van der Waals surface area contributed by atoms with Gasteiger partial charge >= 0.3 is 0 Å². The summed E-state index contributed by atoms with van der Waals surface area (Å²) in [5.74, 6) is 1.08. The number of halogens is 2. The molecule has 1 amide bonds. The fourth-order valence-electron chi connectivity index (χ4n) is 5.31. The van der Waals surface area contributed by atoms with Gasteiger partial charge in [0.1, 0.15) is 12.4 Å². The maximum Gasteiger partial charge on any atom is 0.271 e. The lowest BCUT2D eigenvalue weighted by Gasteiger charge is -2.25. The predicted octanol–water partition coefficient (Wildman–Crippen LogP) is 6.89. The molecular weight excluding hydrogens is 702 g/mol. The summed E-state index contributed by atoms with van der Waals surface area (Å²) in [6.07, 6.45) is 1.74. The van der Waals surface area contributed by atoms with E-state index < -0.39 is 6.04 Å². The van der Waals surface area contributed by atoms with Crippen LogP contribution < -0.4 is 34.4 Å². The molecule has 0 fully saturated rings. The van der Waals surface area contributed by atoms with Crippen molar-refractivity contribution >= 4 is 56.5 Å². The van der Waals surface area contributed by atoms with Crippen molar-refractivity contribution in [3.8, 4) is 17.2 Å². The highest BCUT2D eigenvalue weighted by molar-refractivity contribution is 9.10. The number of carbonyl (C=O) groups is 1. The molecule has 0 unspecified atom stereocenters. The first kappa shape index (κ1) is 32.3. The van der Waals surface area contributed by atoms with Gasteiger partial charge in [-0.05, 0) is 78.2 Å². The Kier molecular flexibility index (Phi) is 9.63. The quantitative estimate of drug-likeness (QED) is 0.179. The molecule has 238 valence electrons. The van der Waals surface area contributed by atoms with E-state index in [0.29, 0.717) is 66.3 Å². The Balaban J connectivity index is 1.41. The Morgan fingerprint density at radius 3 is 2.51 bits per heavy atom. The summed E-state index contributed by atoms with van der Waals surface area (Å²) in [4.78, 5) is 33.2. The molecule has 0 saturated heterocycles. The van der Waals surface area contributed by atoms with Gasteiger partial charge in [0.2, 0.25) is 0 Å². The Labute approximate surface area is 288 Å². The second-order valence-corrected chi connectivity index (χ2v) is 13.0. The average Bonchev–Trinajstić information content (AvgIpc) is 3.37. The zero-order chi connectivity index (χ0) is 33.1. The number of fused-ring (bicyclic) bond motifs is 1. The summed E-state index contributed by atoms with van der Waals surface area (Å²) in [5, 5.41) is 3.30. The van der Waals surface area contributed by atoms with Crippen LogP contribution in [-0.4, -0.2) is 24.7 Å². The maximum absolute atomic E-state index is 14.2. The SMILES string of the molecule is COc1cccc([C@@H]2C(C(=O)Nc3ccccc3)=C(C)N=c3s/c(=C\c4cc(Cl)c(OCc5ccc(Br)cc5)c(OC)c4)c(=O)n32)c1. The van der Waals surface area contributed by atoms with E-state index >= 15 is 0 Å². The Hall–Kier alpha value is -4.64.